The first-order valence-electron chi connectivity index (χ1n) is 11.8. The van der Waals surface area contributed by atoms with Gasteiger partial charge in [-0.15, -0.1) is 0 Å². The van der Waals surface area contributed by atoms with Crippen molar-refractivity contribution in [2.75, 3.05) is 13.2 Å². The van der Waals surface area contributed by atoms with Crippen molar-refractivity contribution in [2.45, 2.75) is 31.2 Å². The Hall–Kier alpha value is -4.20. The maximum absolute atomic E-state index is 13.1. The quantitative estimate of drug-likeness (QED) is 0.394. The lowest BCUT2D eigenvalue weighted by Gasteiger charge is -2.19. The first-order chi connectivity index (χ1) is 17.4. The van der Waals surface area contributed by atoms with E-state index < -0.39 is 24.0 Å². The first kappa shape index (κ1) is 24.9. The number of aliphatic carboxylic acids is 1. The van der Waals surface area contributed by atoms with Gasteiger partial charge in [-0.2, -0.15) is 0 Å². The number of benzene rings is 3. The summed E-state index contributed by atoms with van der Waals surface area (Å²) < 4.78 is 18.6. The molecule has 0 aliphatic heterocycles. The number of ether oxygens (including phenoxy) is 1. The molecule has 0 spiro atoms. The summed E-state index contributed by atoms with van der Waals surface area (Å²) in [6, 6.07) is 20.8. The Kier molecular flexibility index (Phi) is 7.95. The van der Waals surface area contributed by atoms with Crippen LogP contribution in [0.15, 0.2) is 72.8 Å². The number of carbonyl (C=O) groups excluding carboxylic acids is 2. The summed E-state index contributed by atoms with van der Waals surface area (Å²) in [4.78, 5) is 36.4. The summed E-state index contributed by atoms with van der Waals surface area (Å²) >= 11 is 0. The largest absolute Gasteiger partial charge is 0.481 e. The molecule has 36 heavy (non-hydrogen) atoms. The topological polar surface area (TPSA) is 105 Å². The molecule has 0 saturated heterocycles. The molecule has 3 aromatic rings. The minimum absolute atomic E-state index is 0.0810. The molecule has 0 bridgehead atoms. The molecule has 3 aromatic carbocycles. The second-order valence-corrected chi connectivity index (χ2v) is 8.62. The van der Waals surface area contributed by atoms with E-state index in [4.69, 9.17) is 9.84 Å². The minimum Gasteiger partial charge on any atom is -0.481 e. The van der Waals surface area contributed by atoms with Gasteiger partial charge in [-0.1, -0.05) is 60.7 Å². The molecule has 0 heterocycles. The second-order valence-electron chi connectivity index (χ2n) is 8.62. The van der Waals surface area contributed by atoms with E-state index in [1.807, 2.05) is 48.5 Å². The van der Waals surface area contributed by atoms with Gasteiger partial charge < -0.3 is 20.5 Å². The summed E-state index contributed by atoms with van der Waals surface area (Å²) in [6.07, 6.45) is -0.703. The molecule has 2 amide bonds. The number of carboxylic acid groups (broad SMARTS) is 1. The summed E-state index contributed by atoms with van der Waals surface area (Å²) in [7, 11) is 0. The lowest BCUT2D eigenvalue weighted by Crippen LogP contribution is -2.47. The first-order valence-corrected chi connectivity index (χ1v) is 11.8. The molecule has 186 valence electrons. The molecule has 4 rings (SSSR count). The summed E-state index contributed by atoms with van der Waals surface area (Å²) in [6.45, 7) is 0.331. The molecule has 0 aromatic heterocycles. The van der Waals surface area contributed by atoms with E-state index in [2.05, 4.69) is 10.6 Å². The Labute approximate surface area is 208 Å². The Morgan fingerprint density at radius 3 is 2.14 bits per heavy atom. The zero-order valence-corrected chi connectivity index (χ0v) is 19.6. The predicted octanol–water partition coefficient (Wildman–Crippen LogP) is 4.26. The highest BCUT2D eigenvalue weighted by Gasteiger charge is 2.30. The van der Waals surface area contributed by atoms with Gasteiger partial charge in [-0.05, 0) is 52.8 Å². The lowest BCUT2D eigenvalue weighted by molar-refractivity contribution is -0.137. The molecule has 0 saturated carbocycles. The normalized spacial score (nSPS) is 12.8. The number of carboxylic acids is 1. The molecule has 1 aliphatic carbocycles. The maximum Gasteiger partial charge on any atom is 0.407 e. The average Bonchev–Trinajstić information content (AvgIpc) is 3.20. The third kappa shape index (κ3) is 6.07. The highest BCUT2D eigenvalue weighted by molar-refractivity contribution is 5.86. The van der Waals surface area contributed by atoms with Crippen LogP contribution in [-0.2, 0) is 20.7 Å². The van der Waals surface area contributed by atoms with Crippen LogP contribution in [0.1, 0.15) is 35.4 Å². The van der Waals surface area contributed by atoms with Crippen molar-refractivity contribution in [3.05, 3.63) is 95.3 Å². The molecule has 8 heteroatoms. The molecule has 0 radical (unpaired) electrons. The highest BCUT2D eigenvalue weighted by atomic mass is 19.1. The lowest BCUT2D eigenvalue weighted by atomic mass is 9.98. The summed E-state index contributed by atoms with van der Waals surface area (Å²) in [5, 5.41) is 14.3. The average molecular weight is 491 g/mol. The Morgan fingerprint density at radius 1 is 0.917 bits per heavy atom. The number of halogens is 1. The van der Waals surface area contributed by atoms with Crippen LogP contribution < -0.4 is 10.6 Å². The van der Waals surface area contributed by atoms with Crippen LogP contribution >= 0.6 is 0 Å². The van der Waals surface area contributed by atoms with Crippen molar-refractivity contribution in [3.63, 3.8) is 0 Å². The molecule has 3 N–H and O–H groups in total. The number of amides is 2. The standard InChI is InChI=1S/C28H27FN2O5/c29-19-11-9-18(10-12-19)15-16-30-27(34)25(13-14-26(32)33)31-28(35)36-17-24-22-7-3-1-5-20(22)21-6-2-4-8-23(21)24/h1-12,24-25H,13-17H2,(H,30,34)(H,31,35)(H,32,33)/t25-/m0/s1. The number of alkyl carbamates (subject to hydrolysis) is 1. The van der Waals surface area contributed by atoms with Gasteiger partial charge in [-0.3, -0.25) is 9.59 Å². The number of hydrogen-bond donors (Lipinski definition) is 3. The molecular weight excluding hydrogens is 463 g/mol. The van der Waals surface area contributed by atoms with Gasteiger partial charge >= 0.3 is 12.1 Å². The summed E-state index contributed by atoms with van der Waals surface area (Å²) in [5.41, 5.74) is 5.16. The molecule has 7 nitrogen and oxygen atoms in total. The number of rotatable bonds is 10. The third-order valence-corrected chi connectivity index (χ3v) is 6.23. The van der Waals surface area contributed by atoms with Crippen molar-refractivity contribution < 1.29 is 28.6 Å². The molecule has 0 unspecified atom stereocenters. The number of carbonyl (C=O) groups is 3. The van der Waals surface area contributed by atoms with Crippen LogP contribution in [0, 0.1) is 5.82 Å². The Bertz CT molecular complexity index is 1200. The molecule has 0 fully saturated rings. The Morgan fingerprint density at radius 2 is 1.53 bits per heavy atom. The van der Waals surface area contributed by atoms with Crippen LogP contribution in [0.2, 0.25) is 0 Å². The zero-order chi connectivity index (χ0) is 25.5. The molecular formula is C28H27FN2O5. The minimum atomic E-state index is -1.08. The van der Waals surface area contributed by atoms with Crippen LogP contribution in [0.25, 0.3) is 11.1 Å². The number of fused-ring (bicyclic) bond motifs is 3. The van der Waals surface area contributed by atoms with Crippen molar-refractivity contribution in [3.8, 4) is 11.1 Å². The third-order valence-electron chi connectivity index (χ3n) is 6.23. The van der Waals surface area contributed by atoms with Gasteiger partial charge in [0.2, 0.25) is 5.91 Å². The highest BCUT2D eigenvalue weighted by Crippen LogP contribution is 2.44. The van der Waals surface area contributed by atoms with Gasteiger partial charge in [0.25, 0.3) is 0 Å². The van der Waals surface area contributed by atoms with E-state index in [1.165, 1.54) is 12.1 Å². The monoisotopic (exact) mass is 490 g/mol. The fraction of sp³-hybridized carbons (Fsp3) is 0.250. The number of hydrogen-bond acceptors (Lipinski definition) is 4. The zero-order valence-electron chi connectivity index (χ0n) is 19.6. The van der Waals surface area contributed by atoms with Crippen molar-refractivity contribution in [2.24, 2.45) is 0 Å². The van der Waals surface area contributed by atoms with Crippen molar-refractivity contribution in [1.82, 2.24) is 10.6 Å². The van der Waals surface area contributed by atoms with E-state index in [0.717, 1.165) is 27.8 Å². The van der Waals surface area contributed by atoms with Crippen molar-refractivity contribution >= 4 is 18.0 Å². The van der Waals surface area contributed by atoms with Gasteiger partial charge in [0, 0.05) is 18.9 Å². The summed E-state index contributed by atoms with van der Waals surface area (Å²) in [5.74, 6) is -2.06. The predicted molar refractivity (Wildman–Crippen MR) is 132 cm³/mol. The van der Waals surface area contributed by atoms with Crippen molar-refractivity contribution in [1.29, 1.82) is 0 Å². The van der Waals surface area contributed by atoms with Gasteiger partial charge in [0.1, 0.15) is 18.5 Å². The van der Waals surface area contributed by atoms with E-state index in [9.17, 15) is 18.8 Å². The van der Waals surface area contributed by atoms with E-state index in [-0.39, 0.29) is 37.7 Å². The number of nitrogens with one attached hydrogen (secondary N) is 2. The van der Waals surface area contributed by atoms with Gasteiger partial charge in [0.05, 0.1) is 0 Å². The fourth-order valence-electron chi connectivity index (χ4n) is 4.42. The molecule has 1 atom stereocenters. The SMILES string of the molecule is O=C(O)CC[C@H](NC(=O)OCC1c2ccccc2-c2ccccc21)C(=O)NCCc1ccc(F)cc1. The van der Waals surface area contributed by atoms with E-state index in [0.29, 0.717) is 6.42 Å². The van der Waals surface area contributed by atoms with Crippen LogP contribution in [0.4, 0.5) is 9.18 Å². The van der Waals surface area contributed by atoms with Gasteiger partial charge in [-0.25, -0.2) is 9.18 Å². The Balaban J connectivity index is 1.34. The second kappa shape index (κ2) is 11.5. The van der Waals surface area contributed by atoms with Crippen LogP contribution in [0.5, 0.6) is 0 Å². The van der Waals surface area contributed by atoms with Crippen LogP contribution in [-0.4, -0.2) is 42.3 Å². The molecule has 1 aliphatic rings. The van der Waals surface area contributed by atoms with Gasteiger partial charge in [0.15, 0.2) is 0 Å². The maximum atomic E-state index is 13.1. The van der Waals surface area contributed by atoms with E-state index >= 15 is 0 Å². The van der Waals surface area contributed by atoms with Crippen LogP contribution in [0.3, 0.4) is 0 Å². The smallest absolute Gasteiger partial charge is 0.407 e. The fourth-order valence-corrected chi connectivity index (χ4v) is 4.42. The van der Waals surface area contributed by atoms with E-state index in [1.54, 1.807) is 12.1 Å².